The van der Waals surface area contributed by atoms with E-state index in [0.29, 0.717) is 5.57 Å². The predicted molar refractivity (Wildman–Crippen MR) is 91.5 cm³/mol. The number of aromatic nitrogens is 1. The molecule has 0 bridgehead atoms. The summed E-state index contributed by atoms with van der Waals surface area (Å²) in [7, 11) is 0. The van der Waals surface area contributed by atoms with Gasteiger partial charge in [-0.05, 0) is 42.0 Å². The normalized spacial score (nSPS) is 11.6. The van der Waals surface area contributed by atoms with Crippen molar-refractivity contribution < 1.29 is 0 Å². The molecule has 1 aromatic carbocycles. The lowest BCUT2D eigenvalue weighted by Gasteiger charge is -2.05. The van der Waals surface area contributed by atoms with Gasteiger partial charge in [-0.3, -0.25) is 4.98 Å². The van der Waals surface area contributed by atoms with Gasteiger partial charge in [0.2, 0.25) is 0 Å². The largest absolute Gasteiger partial charge is 0.404 e. The second-order valence-electron chi connectivity index (χ2n) is 4.25. The van der Waals surface area contributed by atoms with Gasteiger partial charge >= 0.3 is 0 Å². The number of benzene rings is 1. The summed E-state index contributed by atoms with van der Waals surface area (Å²) in [5, 5.41) is 10.6. The molecule has 2 aromatic rings. The molecule has 1 aromatic heterocycles. The minimum Gasteiger partial charge on any atom is -0.404 e. The minimum absolute atomic E-state index is 0.650. The van der Waals surface area contributed by atoms with Crippen LogP contribution in [0.1, 0.15) is 11.1 Å². The standard InChI is InChI=1S/C16H16N4S/c17-9-13(10-18)16-6-7-19-11-12(16)5-8-20-14-1-3-15(21)4-2-14/h1-11,17,20-21H,18H2/b8-5+,13-10+,17-9?. The first kappa shape index (κ1) is 14.9. The van der Waals surface area contributed by atoms with Gasteiger partial charge < -0.3 is 16.5 Å². The zero-order chi connectivity index (χ0) is 15.1. The van der Waals surface area contributed by atoms with Crippen LogP contribution in [0.5, 0.6) is 0 Å². The highest BCUT2D eigenvalue weighted by Gasteiger charge is 2.02. The zero-order valence-corrected chi connectivity index (χ0v) is 12.2. The molecule has 0 aliphatic rings. The molecule has 0 saturated heterocycles. The lowest BCUT2D eigenvalue weighted by molar-refractivity contribution is 1.30. The van der Waals surface area contributed by atoms with Crippen LogP contribution in [0, 0.1) is 5.41 Å². The van der Waals surface area contributed by atoms with Gasteiger partial charge in [0.1, 0.15) is 0 Å². The van der Waals surface area contributed by atoms with Crippen LogP contribution >= 0.6 is 12.6 Å². The second kappa shape index (κ2) is 7.31. The third kappa shape index (κ3) is 3.97. The number of nitrogens with zero attached hydrogens (tertiary/aromatic N) is 1. The monoisotopic (exact) mass is 296 g/mol. The number of nitrogens with two attached hydrogens (primary N) is 1. The third-order valence-corrected chi connectivity index (χ3v) is 3.18. The summed E-state index contributed by atoms with van der Waals surface area (Å²) >= 11 is 4.24. The quantitative estimate of drug-likeness (QED) is 0.504. The number of hydrogen-bond donors (Lipinski definition) is 4. The summed E-state index contributed by atoms with van der Waals surface area (Å²) in [5.74, 6) is 0. The van der Waals surface area contributed by atoms with Crippen molar-refractivity contribution in [3.05, 3.63) is 66.3 Å². The number of rotatable bonds is 5. The first-order valence-electron chi connectivity index (χ1n) is 6.33. The van der Waals surface area contributed by atoms with E-state index in [1.165, 1.54) is 12.4 Å². The van der Waals surface area contributed by atoms with Gasteiger partial charge in [0.25, 0.3) is 0 Å². The molecule has 0 saturated carbocycles. The van der Waals surface area contributed by atoms with E-state index in [9.17, 15) is 0 Å². The Kier molecular flexibility index (Phi) is 5.17. The van der Waals surface area contributed by atoms with E-state index in [1.807, 2.05) is 42.6 Å². The SMILES string of the molecule is N=C/C(=C\N)c1ccncc1/C=C/Nc1ccc(S)cc1. The molecule has 0 unspecified atom stereocenters. The summed E-state index contributed by atoms with van der Waals surface area (Å²) in [5.41, 5.74) is 8.91. The minimum atomic E-state index is 0.650. The summed E-state index contributed by atoms with van der Waals surface area (Å²) in [4.78, 5) is 5.02. The first-order valence-corrected chi connectivity index (χ1v) is 6.78. The maximum absolute atomic E-state index is 7.39. The topological polar surface area (TPSA) is 74.8 Å². The van der Waals surface area contributed by atoms with Crippen molar-refractivity contribution in [1.82, 2.24) is 4.98 Å². The Balaban J connectivity index is 2.17. The summed E-state index contributed by atoms with van der Waals surface area (Å²) in [6, 6.07) is 9.55. The zero-order valence-electron chi connectivity index (χ0n) is 11.3. The molecule has 0 aliphatic heterocycles. The molecule has 0 spiro atoms. The Morgan fingerprint density at radius 2 is 2.00 bits per heavy atom. The van der Waals surface area contributed by atoms with Crippen molar-refractivity contribution in [3.63, 3.8) is 0 Å². The van der Waals surface area contributed by atoms with Crippen molar-refractivity contribution in [2.75, 3.05) is 5.32 Å². The molecule has 0 aliphatic carbocycles. The molecule has 2 rings (SSSR count). The average Bonchev–Trinajstić information content (AvgIpc) is 2.52. The number of nitrogens with one attached hydrogen (secondary N) is 2. The summed E-state index contributed by atoms with van der Waals surface area (Å²) < 4.78 is 0. The van der Waals surface area contributed by atoms with Crippen molar-refractivity contribution in [2.24, 2.45) is 5.73 Å². The van der Waals surface area contributed by atoms with Crippen LogP contribution in [0.3, 0.4) is 0 Å². The van der Waals surface area contributed by atoms with Crippen LogP contribution < -0.4 is 11.1 Å². The Morgan fingerprint density at radius 1 is 1.24 bits per heavy atom. The Labute approximate surface area is 129 Å². The van der Waals surface area contributed by atoms with Gasteiger partial charge in [-0.25, -0.2) is 0 Å². The van der Waals surface area contributed by atoms with Gasteiger partial charge in [-0.15, -0.1) is 12.6 Å². The van der Waals surface area contributed by atoms with E-state index in [-0.39, 0.29) is 0 Å². The fourth-order valence-corrected chi connectivity index (χ4v) is 1.95. The molecular formula is C16H16N4S. The first-order chi connectivity index (χ1) is 10.2. The van der Waals surface area contributed by atoms with Gasteiger partial charge in [0.15, 0.2) is 0 Å². The van der Waals surface area contributed by atoms with E-state index >= 15 is 0 Å². The predicted octanol–water partition coefficient (Wildman–Crippen LogP) is 3.40. The Morgan fingerprint density at radius 3 is 2.67 bits per heavy atom. The number of hydrogen-bond acceptors (Lipinski definition) is 5. The van der Waals surface area contributed by atoms with E-state index in [2.05, 4.69) is 22.9 Å². The van der Waals surface area contributed by atoms with Gasteiger partial charge in [-0.1, -0.05) is 0 Å². The molecule has 0 fully saturated rings. The number of anilines is 1. The van der Waals surface area contributed by atoms with Gasteiger partial charge in [0, 0.05) is 52.7 Å². The van der Waals surface area contributed by atoms with E-state index in [4.69, 9.17) is 11.1 Å². The highest BCUT2D eigenvalue weighted by molar-refractivity contribution is 7.80. The molecule has 106 valence electrons. The molecule has 0 atom stereocenters. The molecule has 21 heavy (non-hydrogen) atoms. The van der Waals surface area contributed by atoms with E-state index in [1.54, 1.807) is 12.4 Å². The van der Waals surface area contributed by atoms with Gasteiger partial charge in [0.05, 0.1) is 0 Å². The van der Waals surface area contributed by atoms with Crippen LogP contribution in [0.25, 0.3) is 11.6 Å². The smallest absolute Gasteiger partial charge is 0.0380 e. The lowest BCUT2D eigenvalue weighted by atomic mass is 10.0. The van der Waals surface area contributed by atoms with E-state index < -0.39 is 0 Å². The molecule has 1 heterocycles. The fraction of sp³-hybridized carbons (Fsp3) is 0. The highest BCUT2D eigenvalue weighted by Crippen LogP contribution is 2.18. The maximum Gasteiger partial charge on any atom is 0.0380 e. The fourth-order valence-electron chi connectivity index (χ4n) is 1.80. The molecule has 0 amide bonds. The van der Waals surface area contributed by atoms with Crippen molar-refractivity contribution in [2.45, 2.75) is 4.90 Å². The van der Waals surface area contributed by atoms with Crippen LogP contribution in [0.15, 0.2) is 60.0 Å². The van der Waals surface area contributed by atoms with Crippen LogP contribution in [0.4, 0.5) is 5.69 Å². The number of allylic oxidation sites excluding steroid dienone is 1. The van der Waals surface area contributed by atoms with Crippen LogP contribution in [-0.4, -0.2) is 11.2 Å². The summed E-state index contributed by atoms with van der Waals surface area (Å²) in [6.07, 6.45) is 9.77. The van der Waals surface area contributed by atoms with Crippen molar-refractivity contribution in [1.29, 1.82) is 5.41 Å². The number of thiol groups is 1. The molecule has 4 N–H and O–H groups in total. The van der Waals surface area contributed by atoms with Gasteiger partial charge in [-0.2, -0.15) is 0 Å². The molecule has 4 nitrogen and oxygen atoms in total. The second-order valence-corrected chi connectivity index (χ2v) is 4.77. The van der Waals surface area contributed by atoms with Crippen LogP contribution in [-0.2, 0) is 0 Å². The Bertz CT molecular complexity index is 675. The number of pyridine rings is 1. The van der Waals surface area contributed by atoms with Crippen LogP contribution in [0.2, 0.25) is 0 Å². The van der Waals surface area contributed by atoms with Crippen molar-refractivity contribution in [3.8, 4) is 0 Å². The average molecular weight is 296 g/mol. The van der Waals surface area contributed by atoms with E-state index in [0.717, 1.165) is 21.7 Å². The molecule has 5 heteroatoms. The molecule has 0 radical (unpaired) electrons. The third-order valence-electron chi connectivity index (χ3n) is 2.88. The summed E-state index contributed by atoms with van der Waals surface area (Å²) in [6.45, 7) is 0. The lowest BCUT2D eigenvalue weighted by Crippen LogP contribution is -1.95. The van der Waals surface area contributed by atoms with Crippen molar-refractivity contribution >= 4 is 36.2 Å². The Hall–Kier alpha value is -2.53. The maximum atomic E-state index is 7.39. The highest BCUT2D eigenvalue weighted by atomic mass is 32.1. The molecular weight excluding hydrogens is 280 g/mol.